The van der Waals surface area contributed by atoms with Crippen molar-refractivity contribution in [2.24, 2.45) is 5.73 Å². The first-order valence-electron chi connectivity index (χ1n) is 2.79. The van der Waals surface area contributed by atoms with Crippen molar-refractivity contribution in [3.8, 4) is 0 Å². The summed E-state index contributed by atoms with van der Waals surface area (Å²) in [6, 6.07) is 0. The Bertz CT molecular complexity index is 112. The molecule has 0 aromatic rings. The van der Waals surface area contributed by atoms with E-state index in [1.807, 2.05) is 0 Å². The topological polar surface area (TPSA) is 35.2 Å². The summed E-state index contributed by atoms with van der Waals surface area (Å²) in [5, 5.41) is 0.258. The average molecular weight is 163 g/mol. The Kier molecular flexibility index (Phi) is 2.75. The molecule has 0 amide bonds. The zero-order chi connectivity index (χ0) is 6.69. The molecule has 2 nitrogen and oxygen atoms in total. The van der Waals surface area contributed by atoms with Gasteiger partial charge in [0.25, 0.3) is 0 Å². The maximum absolute atomic E-state index is 5.40. The van der Waals surface area contributed by atoms with Crippen LogP contribution in [0.15, 0.2) is 0 Å². The van der Waals surface area contributed by atoms with Gasteiger partial charge >= 0.3 is 0 Å². The number of thioether (sulfide) groups is 1. The van der Waals surface area contributed by atoms with Gasteiger partial charge in [-0.3, -0.25) is 0 Å². The summed E-state index contributed by atoms with van der Waals surface area (Å²) in [6.45, 7) is 1.53. The van der Waals surface area contributed by atoms with Gasteiger partial charge in [0.15, 0.2) is 0 Å². The summed E-state index contributed by atoms with van der Waals surface area (Å²) in [5.41, 5.74) is 5.40. The van der Waals surface area contributed by atoms with Crippen molar-refractivity contribution in [3.05, 3.63) is 0 Å². The van der Waals surface area contributed by atoms with Crippen molar-refractivity contribution >= 4 is 29.0 Å². The summed E-state index contributed by atoms with van der Waals surface area (Å²) < 4.78 is 5.16. The molecule has 1 heterocycles. The fourth-order valence-electron chi connectivity index (χ4n) is 0.652. The van der Waals surface area contributed by atoms with Crippen molar-refractivity contribution in [3.63, 3.8) is 0 Å². The molecule has 0 aliphatic carbocycles. The van der Waals surface area contributed by atoms with Gasteiger partial charge in [-0.05, 0) is 0 Å². The average Bonchev–Trinajstić information content (AvgIpc) is 1.90. The number of hydrogen-bond donors (Lipinski definition) is 1. The summed E-state index contributed by atoms with van der Waals surface area (Å²) in [4.78, 5) is 0.569. The molecule has 1 fully saturated rings. The van der Waals surface area contributed by atoms with Crippen LogP contribution in [0.2, 0.25) is 0 Å². The van der Waals surface area contributed by atoms with E-state index in [0.717, 1.165) is 12.4 Å². The van der Waals surface area contributed by atoms with E-state index in [9.17, 15) is 0 Å². The van der Waals surface area contributed by atoms with E-state index in [2.05, 4.69) is 0 Å². The smallest absolute Gasteiger partial charge is 0.0882 e. The van der Waals surface area contributed by atoms with Crippen molar-refractivity contribution < 1.29 is 4.74 Å². The van der Waals surface area contributed by atoms with E-state index in [0.29, 0.717) is 11.6 Å². The molecule has 1 saturated heterocycles. The summed E-state index contributed by atoms with van der Waals surface area (Å²) in [5.74, 6) is 1.02. The quantitative estimate of drug-likeness (QED) is 0.568. The van der Waals surface area contributed by atoms with E-state index in [4.69, 9.17) is 22.7 Å². The molecule has 1 aliphatic rings. The minimum Gasteiger partial charge on any atom is -0.392 e. The van der Waals surface area contributed by atoms with E-state index in [-0.39, 0.29) is 5.25 Å². The van der Waals surface area contributed by atoms with Crippen LogP contribution in [0.1, 0.15) is 0 Å². The fraction of sp³-hybridized carbons (Fsp3) is 0.800. The van der Waals surface area contributed by atoms with E-state index in [1.165, 1.54) is 0 Å². The highest BCUT2D eigenvalue weighted by Crippen LogP contribution is 2.15. The van der Waals surface area contributed by atoms with Crippen molar-refractivity contribution in [2.45, 2.75) is 5.25 Å². The SMILES string of the molecule is NC(=S)C1COCCS1. The number of nitrogens with two attached hydrogens (primary N) is 1. The molecule has 9 heavy (non-hydrogen) atoms. The molecule has 0 spiro atoms. The molecule has 2 N–H and O–H groups in total. The Hall–Kier alpha value is 0.200. The predicted molar refractivity (Wildman–Crippen MR) is 43.9 cm³/mol. The van der Waals surface area contributed by atoms with E-state index < -0.39 is 0 Å². The molecule has 1 aliphatic heterocycles. The molecule has 4 heteroatoms. The Balaban J connectivity index is 2.31. The molecule has 1 unspecified atom stereocenters. The minimum absolute atomic E-state index is 0.258. The summed E-state index contributed by atoms with van der Waals surface area (Å²) in [7, 11) is 0. The molecule has 1 rings (SSSR count). The van der Waals surface area contributed by atoms with Crippen LogP contribution in [0.3, 0.4) is 0 Å². The zero-order valence-corrected chi connectivity index (χ0v) is 6.63. The molecular weight excluding hydrogens is 154 g/mol. The Morgan fingerprint density at radius 1 is 1.78 bits per heavy atom. The normalized spacial score (nSPS) is 27.8. The van der Waals surface area contributed by atoms with Gasteiger partial charge in [0.1, 0.15) is 0 Å². The Morgan fingerprint density at radius 3 is 2.89 bits per heavy atom. The number of thiocarbonyl (C=S) groups is 1. The second kappa shape index (κ2) is 3.39. The van der Waals surface area contributed by atoms with Gasteiger partial charge in [-0.2, -0.15) is 0 Å². The first-order valence-corrected chi connectivity index (χ1v) is 4.25. The molecular formula is C5H9NOS2. The lowest BCUT2D eigenvalue weighted by atomic mass is 10.4. The van der Waals surface area contributed by atoms with Gasteiger partial charge in [-0.25, -0.2) is 0 Å². The van der Waals surface area contributed by atoms with Crippen molar-refractivity contribution in [1.29, 1.82) is 0 Å². The third-order valence-corrected chi connectivity index (χ3v) is 2.76. The predicted octanol–water partition coefficient (Wildman–Crippen LogP) is 0.405. The Morgan fingerprint density at radius 2 is 2.56 bits per heavy atom. The lowest BCUT2D eigenvalue weighted by molar-refractivity contribution is 0.153. The van der Waals surface area contributed by atoms with Crippen LogP contribution in [0.5, 0.6) is 0 Å². The van der Waals surface area contributed by atoms with Crippen molar-refractivity contribution in [1.82, 2.24) is 0 Å². The van der Waals surface area contributed by atoms with Crippen molar-refractivity contribution in [2.75, 3.05) is 19.0 Å². The van der Waals surface area contributed by atoms with E-state index in [1.54, 1.807) is 11.8 Å². The van der Waals surface area contributed by atoms with Crippen LogP contribution in [0.25, 0.3) is 0 Å². The lowest BCUT2D eigenvalue weighted by Gasteiger charge is -2.19. The summed E-state index contributed by atoms with van der Waals surface area (Å²) >= 11 is 6.57. The lowest BCUT2D eigenvalue weighted by Crippen LogP contribution is -2.32. The molecule has 0 radical (unpaired) electrons. The number of rotatable bonds is 1. The Labute approximate surface area is 64.1 Å². The standard InChI is InChI=1S/C5H9NOS2/c6-5(8)4-3-7-1-2-9-4/h4H,1-3H2,(H2,6,8). The van der Waals surface area contributed by atoms with E-state index >= 15 is 0 Å². The number of ether oxygens (including phenoxy) is 1. The molecule has 0 aromatic carbocycles. The van der Waals surface area contributed by atoms with Crippen LogP contribution in [0, 0.1) is 0 Å². The fourth-order valence-corrected chi connectivity index (χ4v) is 1.78. The van der Waals surface area contributed by atoms with Gasteiger partial charge in [-0.15, -0.1) is 11.8 Å². The molecule has 52 valence electrons. The third-order valence-electron chi connectivity index (χ3n) is 1.13. The monoisotopic (exact) mass is 163 g/mol. The second-order valence-corrected chi connectivity index (χ2v) is 3.62. The largest absolute Gasteiger partial charge is 0.392 e. The third kappa shape index (κ3) is 2.12. The van der Waals surface area contributed by atoms with Crippen LogP contribution in [-0.2, 0) is 4.74 Å². The minimum atomic E-state index is 0.258. The second-order valence-electron chi connectivity index (χ2n) is 1.84. The van der Waals surface area contributed by atoms with Gasteiger partial charge in [-0.1, -0.05) is 12.2 Å². The van der Waals surface area contributed by atoms with Gasteiger partial charge < -0.3 is 10.5 Å². The van der Waals surface area contributed by atoms with Crippen LogP contribution in [-0.4, -0.2) is 29.2 Å². The van der Waals surface area contributed by atoms with Gasteiger partial charge in [0.2, 0.25) is 0 Å². The highest BCUT2D eigenvalue weighted by molar-refractivity contribution is 8.01. The first-order chi connectivity index (χ1) is 4.30. The molecule has 0 bridgehead atoms. The summed E-state index contributed by atoms with van der Waals surface area (Å²) in [6.07, 6.45) is 0. The molecule has 0 saturated carbocycles. The van der Waals surface area contributed by atoms with Crippen LogP contribution in [0.4, 0.5) is 0 Å². The zero-order valence-electron chi connectivity index (χ0n) is 5.00. The molecule has 0 aromatic heterocycles. The van der Waals surface area contributed by atoms with Gasteiger partial charge in [0, 0.05) is 5.75 Å². The van der Waals surface area contributed by atoms with Crippen LogP contribution >= 0.6 is 24.0 Å². The first kappa shape index (κ1) is 7.31. The molecule has 1 atom stereocenters. The van der Waals surface area contributed by atoms with Gasteiger partial charge in [0.05, 0.1) is 23.5 Å². The highest BCUT2D eigenvalue weighted by Gasteiger charge is 2.15. The maximum Gasteiger partial charge on any atom is 0.0882 e. The highest BCUT2D eigenvalue weighted by atomic mass is 32.2. The number of hydrogen-bond acceptors (Lipinski definition) is 3. The van der Waals surface area contributed by atoms with Crippen LogP contribution < -0.4 is 5.73 Å². The maximum atomic E-state index is 5.40.